The Bertz CT molecular complexity index is 359. The molecule has 0 aromatic carbocycles. The zero-order chi connectivity index (χ0) is 12.1. The predicted octanol–water partition coefficient (Wildman–Crippen LogP) is 1.50. The van der Waals surface area contributed by atoms with E-state index in [0.29, 0.717) is 6.54 Å². The maximum atomic E-state index is 11.6. The fourth-order valence-electron chi connectivity index (χ4n) is 2.26. The lowest BCUT2D eigenvalue weighted by molar-refractivity contribution is -0.125. The van der Waals surface area contributed by atoms with Crippen molar-refractivity contribution in [3.8, 4) is 0 Å². The van der Waals surface area contributed by atoms with E-state index >= 15 is 0 Å². The number of amides is 1. The van der Waals surface area contributed by atoms with Crippen molar-refractivity contribution >= 4 is 17.2 Å². The van der Waals surface area contributed by atoms with Gasteiger partial charge in [0.15, 0.2) is 0 Å². The van der Waals surface area contributed by atoms with E-state index in [1.54, 1.807) is 16.8 Å². The van der Waals surface area contributed by atoms with Gasteiger partial charge in [0.05, 0.1) is 23.2 Å². The molecule has 1 saturated carbocycles. The average molecular weight is 254 g/mol. The molecular formula is C12H18N2O2S. The second-order valence-corrected chi connectivity index (χ2v) is 5.41. The summed E-state index contributed by atoms with van der Waals surface area (Å²) in [5.74, 6) is -0.0513. The van der Waals surface area contributed by atoms with Crippen LogP contribution in [0.5, 0.6) is 0 Å². The molecule has 1 fully saturated rings. The molecule has 1 amide bonds. The first-order valence-electron chi connectivity index (χ1n) is 6.04. The van der Waals surface area contributed by atoms with Crippen molar-refractivity contribution in [2.45, 2.75) is 44.1 Å². The summed E-state index contributed by atoms with van der Waals surface area (Å²) in [6.45, 7) is 0.596. The second kappa shape index (κ2) is 5.60. The van der Waals surface area contributed by atoms with Gasteiger partial charge in [0.2, 0.25) is 5.91 Å². The molecule has 0 bridgehead atoms. The summed E-state index contributed by atoms with van der Waals surface area (Å²) >= 11 is 1.56. The first-order chi connectivity index (χ1) is 8.18. The van der Waals surface area contributed by atoms with Crippen LogP contribution in [0.2, 0.25) is 0 Å². The molecule has 2 rings (SSSR count). The second-order valence-electron chi connectivity index (χ2n) is 4.69. The maximum absolute atomic E-state index is 11.6. The van der Waals surface area contributed by atoms with Crippen LogP contribution < -0.4 is 5.32 Å². The Kier molecular flexibility index (Phi) is 4.12. The molecule has 0 saturated heterocycles. The minimum Gasteiger partial charge on any atom is -0.389 e. The SMILES string of the molecule is O=C(CC1(O)CCCC1)NCCc1cscn1. The van der Waals surface area contributed by atoms with Crippen molar-refractivity contribution < 1.29 is 9.90 Å². The Morgan fingerprint density at radius 3 is 2.94 bits per heavy atom. The lowest BCUT2D eigenvalue weighted by Crippen LogP contribution is -2.35. The number of nitrogens with zero attached hydrogens (tertiary/aromatic N) is 1. The van der Waals surface area contributed by atoms with Crippen LogP contribution in [-0.4, -0.2) is 28.1 Å². The normalized spacial score (nSPS) is 18.2. The minimum atomic E-state index is -0.745. The van der Waals surface area contributed by atoms with Crippen molar-refractivity contribution in [1.29, 1.82) is 0 Å². The highest BCUT2D eigenvalue weighted by atomic mass is 32.1. The van der Waals surface area contributed by atoms with E-state index in [0.717, 1.165) is 37.8 Å². The number of rotatable bonds is 5. The van der Waals surface area contributed by atoms with E-state index in [9.17, 15) is 9.90 Å². The molecule has 1 aliphatic carbocycles. The Labute approximate surface area is 105 Å². The number of nitrogens with one attached hydrogen (secondary N) is 1. The van der Waals surface area contributed by atoms with E-state index < -0.39 is 5.60 Å². The van der Waals surface area contributed by atoms with Crippen molar-refractivity contribution in [3.05, 3.63) is 16.6 Å². The number of hydrogen-bond acceptors (Lipinski definition) is 4. The summed E-state index contributed by atoms with van der Waals surface area (Å²) in [5, 5.41) is 14.9. The van der Waals surface area contributed by atoms with Gasteiger partial charge in [-0.15, -0.1) is 11.3 Å². The molecule has 2 N–H and O–H groups in total. The average Bonchev–Trinajstić information content (AvgIpc) is 2.90. The van der Waals surface area contributed by atoms with Crippen molar-refractivity contribution in [3.63, 3.8) is 0 Å². The van der Waals surface area contributed by atoms with Crippen molar-refractivity contribution in [2.24, 2.45) is 0 Å². The maximum Gasteiger partial charge on any atom is 0.222 e. The molecule has 1 aromatic rings. The molecule has 0 atom stereocenters. The number of thiazole rings is 1. The van der Waals surface area contributed by atoms with Crippen LogP contribution in [-0.2, 0) is 11.2 Å². The quantitative estimate of drug-likeness (QED) is 0.837. The van der Waals surface area contributed by atoms with Gasteiger partial charge in [0.1, 0.15) is 0 Å². The summed E-state index contributed by atoms with van der Waals surface area (Å²) < 4.78 is 0. The Balaban J connectivity index is 1.67. The third-order valence-electron chi connectivity index (χ3n) is 3.21. The van der Waals surface area contributed by atoms with Crippen LogP contribution in [0.15, 0.2) is 10.9 Å². The molecule has 5 heteroatoms. The van der Waals surface area contributed by atoms with Gasteiger partial charge in [-0.2, -0.15) is 0 Å². The van der Waals surface area contributed by atoms with Crippen LogP contribution in [0.3, 0.4) is 0 Å². The van der Waals surface area contributed by atoms with E-state index in [2.05, 4.69) is 10.3 Å². The zero-order valence-corrected chi connectivity index (χ0v) is 10.6. The third-order valence-corrected chi connectivity index (χ3v) is 3.85. The number of aromatic nitrogens is 1. The van der Waals surface area contributed by atoms with Crippen molar-refractivity contribution in [2.75, 3.05) is 6.54 Å². The van der Waals surface area contributed by atoms with Gasteiger partial charge in [-0.25, -0.2) is 4.98 Å². The highest BCUT2D eigenvalue weighted by Gasteiger charge is 2.33. The van der Waals surface area contributed by atoms with E-state index in [1.807, 2.05) is 5.38 Å². The summed E-state index contributed by atoms with van der Waals surface area (Å²) in [7, 11) is 0. The van der Waals surface area contributed by atoms with Crippen LogP contribution in [0.4, 0.5) is 0 Å². The van der Waals surface area contributed by atoms with Gasteiger partial charge in [-0.05, 0) is 12.8 Å². The van der Waals surface area contributed by atoms with Crippen LogP contribution in [0.25, 0.3) is 0 Å². The Hall–Kier alpha value is -0.940. The highest BCUT2D eigenvalue weighted by Crippen LogP contribution is 2.32. The van der Waals surface area contributed by atoms with Gasteiger partial charge in [0.25, 0.3) is 0 Å². The van der Waals surface area contributed by atoms with Gasteiger partial charge in [-0.1, -0.05) is 12.8 Å². The molecule has 0 unspecified atom stereocenters. The van der Waals surface area contributed by atoms with Crippen LogP contribution in [0.1, 0.15) is 37.8 Å². The standard InChI is InChI=1S/C12H18N2O2S/c15-11(7-12(16)4-1-2-5-12)13-6-3-10-8-17-9-14-10/h8-9,16H,1-7H2,(H,13,15). The van der Waals surface area contributed by atoms with E-state index in [4.69, 9.17) is 0 Å². The molecule has 1 aromatic heterocycles. The monoisotopic (exact) mass is 254 g/mol. The summed E-state index contributed by atoms with van der Waals surface area (Å²) in [6, 6.07) is 0. The molecule has 0 radical (unpaired) electrons. The number of hydrogen-bond donors (Lipinski definition) is 2. The lowest BCUT2D eigenvalue weighted by atomic mass is 9.98. The fraction of sp³-hybridized carbons (Fsp3) is 0.667. The first-order valence-corrected chi connectivity index (χ1v) is 6.98. The third kappa shape index (κ3) is 3.78. The number of carbonyl (C=O) groups excluding carboxylic acids is 1. The molecule has 94 valence electrons. The first kappa shape index (κ1) is 12.5. The molecule has 0 spiro atoms. The number of aliphatic hydroxyl groups is 1. The van der Waals surface area contributed by atoms with E-state index in [1.165, 1.54) is 0 Å². The van der Waals surface area contributed by atoms with E-state index in [-0.39, 0.29) is 12.3 Å². The topological polar surface area (TPSA) is 62.2 Å². The van der Waals surface area contributed by atoms with Crippen LogP contribution in [0, 0.1) is 0 Å². The molecular weight excluding hydrogens is 236 g/mol. The zero-order valence-electron chi connectivity index (χ0n) is 9.82. The van der Waals surface area contributed by atoms with Crippen LogP contribution >= 0.6 is 11.3 Å². The summed E-state index contributed by atoms with van der Waals surface area (Å²) in [4.78, 5) is 15.8. The smallest absolute Gasteiger partial charge is 0.222 e. The number of carbonyl (C=O) groups is 1. The lowest BCUT2D eigenvalue weighted by Gasteiger charge is -2.20. The van der Waals surface area contributed by atoms with Gasteiger partial charge >= 0.3 is 0 Å². The van der Waals surface area contributed by atoms with Gasteiger partial charge in [-0.3, -0.25) is 4.79 Å². The highest BCUT2D eigenvalue weighted by molar-refractivity contribution is 7.07. The fourth-order valence-corrected chi connectivity index (χ4v) is 2.86. The Morgan fingerprint density at radius 1 is 1.53 bits per heavy atom. The Morgan fingerprint density at radius 2 is 2.29 bits per heavy atom. The largest absolute Gasteiger partial charge is 0.389 e. The molecule has 17 heavy (non-hydrogen) atoms. The molecule has 4 nitrogen and oxygen atoms in total. The minimum absolute atomic E-state index is 0.0513. The summed E-state index contributed by atoms with van der Waals surface area (Å²) in [6.07, 6.45) is 4.57. The molecule has 1 heterocycles. The van der Waals surface area contributed by atoms with Crippen molar-refractivity contribution in [1.82, 2.24) is 10.3 Å². The predicted molar refractivity (Wildman–Crippen MR) is 66.9 cm³/mol. The molecule has 1 aliphatic rings. The summed E-state index contributed by atoms with van der Waals surface area (Å²) in [5.41, 5.74) is 2.05. The van der Waals surface area contributed by atoms with Gasteiger partial charge in [0, 0.05) is 18.3 Å². The van der Waals surface area contributed by atoms with Gasteiger partial charge < -0.3 is 10.4 Å². The molecule has 0 aliphatic heterocycles.